The van der Waals surface area contributed by atoms with E-state index in [2.05, 4.69) is 56.4 Å². The number of carbonyl (C=O) groups is 1. The van der Waals surface area contributed by atoms with Crippen LogP contribution in [0, 0.1) is 6.92 Å². The largest absolute Gasteiger partial charge is 0.382 e. The molecule has 3 heterocycles. The average molecular weight is 401 g/mol. The fourth-order valence-corrected chi connectivity index (χ4v) is 3.32. The van der Waals surface area contributed by atoms with Crippen LogP contribution in [-0.4, -0.2) is 30.4 Å². The summed E-state index contributed by atoms with van der Waals surface area (Å²) in [4.78, 5) is 29.6. The summed E-state index contributed by atoms with van der Waals surface area (Å²) in [7, 11) is 0. The molecule has 0 saturated heterocycles. The monoisotopic (exact) mass is 401 g/mol. The number of benzene rings is 1. The summed E-state index contributed by atoms with van der Waals surface area (Å²) in [6.45, 7) is 2.50. The molecule has 0 aliphatic rings. The number of rotatable bonds is 7. The molecule has 152 valence electrons. The summed E-state index contributed by atoms with van der Waals surface area (Å²) in [6.07, 6.45) is 5.72. The molecule has 0 spiro atoms. The van der Waals surface area contributed by atoms with Crippen LogP contribution in [0.1, 0.15) is 29.3 Å². The first kappa shape index (κ1) is 19.5. The van der Waals surface area contributed by atoms with Crippen LogP contribution in [0.4, 0.5) is 5.82 Å². The van der Waals surface area contributed by atoms with Gasteiger partial charge in [-0.15, -0.1) is 0 Å². The molecule has 4 rings (SSSR count). The number of hydrogen-bond acceptors (Lipinski definition) is 6. The molecule has 0 aliphatic heterocycles. The van der Waals surface area contributed by atoms with E-state index in [9.17, 15) is 4.79 Å². The summed E-state index contributed by atoms with van der Waals surface area (Å²) in [5.41, 5.74) is 10.2. The van der Waals surface area contributed by atoms with Crippen molar-refractivity contribution in [2.75, 3.05) is 5.73 Å². The Bertz CT molecular complexity index is 1140. The highest BCUT2D eigenvalue weighted by Crippen LogP contribution is 2.18. The second-order valence-electron chi connectivity index (χ2n) is 7.18. The predicted molar refractivity (Wildman–Crippen MR) is 114 cm³/mol. The molecule has 8 heteroatoms. The van der Waals surface area contributed by atoms with Crippen molar-refractivity contribution in [3.8, 4) is 0 Å². The number of aromatic nitrogens is 5. The van der Waals surface area contributed by atoms with Crippen LogP contribution in [0.5, 0.6) is 0 Å². The van der Waals surface area contributed by atoms with Crippen molar-refractivity contribution in [2.24, 2.45) is 0 Å². The first-order valence-corrected chi connectivity index (χ1v) is 9.77. The van der Waals surface area contributed by atoms with Gasteiger partial charge in [0.15, 0.2) is 11.5 Å². The number of nitrogen functional groups attached to an aromatic ring is 1. The van der Waals surface area contributed by atoms with E-state index in [0.29, 0.717) is 29.9 Å². The van der Waals surface area contributed by atoms with Crippen molar-refractivity contribution < 1.29 is 4.79 Å². The van der Waals surface area contributed by atoms with Crippen LogP contribution in [0.25, 0.3) is 11.2 Å². The summed E-state index contributed by atoms with van der Waals surface area (Å²) < 4.78 is 1.81. The van der Waals surface area contributed by atoms with Gasteiger partial charge in [-0.1, -0.05) is 35.9 Å². The summed E-state index contributed by atoms with van der Waals surface area (Å²) in [5.74, 6) is 0.262. The normalized spacial score (nSPS) is 12.0. The lowest BCUT2D eigenvalue weighted by molar-refractivity contribution is -0.122. The number of imidazole rings is 1. The van der Waals surface area contributed by atoms with Crippen molar-refractivity contribution in [3.63, 3.8) is 0 Å². The van der Waals surface area contributed by atoms with Gasteiger partial charge in [0, 0.05) is 19.2 Å². The van der Waals surface area contributed by atoms with Crippen molar-refractivity contribution in [1.82, 2.24) is 29.8 Å². The molecular formula is C22H23N7O. The van der Waals surface area contributed by atoms with Gasteiger partial charge in [-0.2, -0.15) is 0 Å². The van der Waals surface area contributed by atoms with Crippen LogP contribution in [-0.2, 0) is 17.8 Å². The molecule has 0 aliphatic carbocycles. The summed E-state index contributed by atoms with van der Waals surface area (Å²) in [5, 5.41) is 3.13. The Morgan fingerprint density at radius 1 is 1.10 bits per heavy atom. The highest BCUT2D eigenvalue weighted by Gasteiger charge is 2.17. The maximum Gasteiger partial charge on any atom is 0.222 e. The van der Waals surface area contributed by atoms with Gasteiger partial charge in [-0.05, 0) is 31.0 Å². The highest BCUT2D eigenvalue weighted by atomic mass is 16.1. The van der Waals surface area contributed by atoms with E-state index in [1.807, 2.05) is 22.8 Å². The third-order valence-electron chi connectivity index (χ3n) is 4.95. The number of carbonyl (C=O) groups excluding carboxylic acids is 1. The number of aryl methyl sites for hydroxylation is 2. The van der Waals surface area contributed by atoms with Crippen molar-refractivity contribution in [3.05, 3.63) is 78.1 Å². The number of pyridine rings is 1. The lowest BCUT2D eigenvalue weighted by Crippen LogP contribution is -2.31. The zero-order valence-corrected chi connectivity index (χ0v) is 16.7. The van der Waals surface area contributed by atoms with Crippen LogP contribution >= 0.6 is 0 Å². The zero-order valence-electron chi connectivity index (χ0n) is 16.7. The minimum atomic E-state index is -0.209. The second-order valence-corrected chi connectivity index (χ2v) is 7.18. The van der Waals surface area contributed by atoms with E-state index < -0.39 is 0 Å². The molecule has 1 aromatic carbocycles. The van der Waals surface area contributed by atoms with E-state index in [-0.39, 0.29) is 18.4 Å². The van der Waals surface area contributed by atoms with Gasteiger partial charge in [0.1, 0.15) is 11.8 Å². The number of fused-ring (bicyclic) bond motifs is 1. The Labute approximate surface area is 174 Å². The number of anilines is 1. The fourth-order valence-electron chi connectivity index (χ4n) is 3.32. The first-order chi connectivity index (χ1) is 14.6. The molecule has 3 aromatic heterocycles. The molecule has 0 fully saturated rings. The van der Waals surface area contributed by atoms with Crippen molar-refractivity contribution in [1.29, 1.82) is 0 Å². The number of nitrogens with two attached hydrogens (primary N) is 1. The molecule has 0 radical (unpaired) electrons. The number of amides is 1. The van der Waals surface area contributed by atoms with Gasteiger partial charge in [0.05, 0.1) is 18.1 Å². The Hall–Kier alpha value is -3.81. The van der Waals surface area contributed by atoms with Gasteiger partial charge in [-0.3, -0.25) is 9.78 Å². The Kier molecular flexibility index (Phi) is 5.65. The Morgan fingerprint density at radius 3 is 2.70 bits per heavy atom. The van der Waals surface area contributed by atoms with Crippen LogP contribution < -0.4 is 11.1 Å². The molecule has 0 bridgehead atoms. The van der Waals surface area contributed by atoms with E-state index >= 15 is 0 Å². The molecule has 4 aromatic rings. The van der Waals surface area contributed by atoms with Gasteiger partial charge in [0.2, 0.25) is 5.91 Å². The molecule has 1 atom stereocenters. The van der Waals surface area contributed by atoms with Crippen LogP contribution in [0.3, 0.4) is 0 Å². The minimum absolute atomic E-state index is 0.0679. The Balaban J connectivity index is 1.46. The second kappa shape index (κ2) is 8.69. The van der Waals surface area contributed by atoms with Crippen LogP contribution in [0.2, 0.25) is 0 Å². The summed E-state index contributed by atoms with van der Waals surface area (Å²) >= 11 is 0. The number of nitrogens with one attached hydrogen (secondary N) is 1. The molecule has 0 saturated carbocycles. The Morgan fingerprint density at radius 2 is 1.93 bits per heavy atom. The average Bonchev–Trinajstić information content (AvgIpc) is 3.18. The van der Waals surface area contributed by atoms with E-state index in [1.165, 1.54) is 11.9 Å². The number of hydrogen-bond donors (Lipinski definition) is 2. The predicted octanol–water partition coefficient (Wildman–Crippen LogP) is 2.60. The highest BCUT2D eigenvalue weighted by molar-refractivity contribution is 5.81. The first-order valence-electron chi connectivity index (χ1n) is 9.77. The molecule has 3 N–H and O–H groups in total. The standard InChI is InChI=1S/C22H23N7O/c1-15-5-7-16(8-6-15)12-18(17-4-2-3-10-24-17)28-19(30)9-11-29-14-27-20-21(23)25-13-26-22(20)29/h2-8,10,13-14,18H,9,11-12H2,1H3,(H,28,30)(H2,23,25,26). The minimum Gasteiger partial charge on any atom is -0.382 e. The van der Waals surface area contributed by atoms with E-state index in [0.717, 1.165) is 11.3 Å². The SMILES string of the molecule is Cc1ccc(CC(NC(=O)CCn2cnc3c(N)ncnc32)c2ccccn2)cc1. The van der Waals surface area contributed by atoms with Gasteiger partial charge in [0.25, 0.3) is 0 Å². The summed E-state index contributed by atoms with van der Waals surface area (Å²) in [6, 6.07) is 13.8. The van der Waals surface area contributed by atoms with Crippen LogP contribution in [0.15, 0.2) is 61.3 Å². The molecule has 8 nitrogen and oxygen atoms in total. The lowest BCUT2D eigenvalue weighted by Gasteiger charge is -2.19. The van der Waals surface area contributed by atoms with Gasteiger partial charge >= 0.3 is 0 Å². The maximum absolute atomic E-state index is 12.7. The van der Waals surface area contributed by atoms with E-state index in [4.69, 9.17) is 5.73 Å². The maximum atomic E-state index is 12.7. The molecular weight excluding hydrogens is 378 g/mol. The third-order valence-corrected chi connectivity index (χ3v) is 4.95. The molecule has 1 unspecified atom stereocenters. The lowest BCUT2D eigenvalue weighted by atomic mass is 10.0. The topological polar surface area (TPSA) is 112 Å². The smallest absolute Gasteiger partial charge is 0.222 e. The quantitative estimate of drug-likeness (QED) is 0.492. The van der Waals surface area contributed by atoms with E-state index in [1.54, 1.807) is 12.5 Å². The van der Waals surface area contributed by atoms with Gasteiger partial charge < -0.3 is 15.6 Å². The molecule has 1 amide bonds. The van der Waals surface area contributed by atoms with Crippen molar-refractivity contribution >= 4 is 22.9 Å². The zero-order chi connectivity index (χ0) is 20.9. The molecule has 30 heavy (non-hydrogen) atoms. The van der Waals surface area contributed by atoms with Crippen molar-refractivity contribution in [2.45, 2.75) is 32.4 Å². The fraction of sp³-hybridized carbons (Fsp3) is 0.227. The number of nitrogens with zero attached hydrogens (tertiary/aromatic N) is 5. The van der Waals surface area contributed by atoms with Gasteiger partial charge in [-0.25, -0.2) is 15.0 Å². The third kappa shape index (κ3) is 4.43.